The second-order valence-corrected chi connectivity index (χ2v) is 7.53. The fourth-order valence-corrected chi connectivity index (χ4v) is 4.18. The van der Waals surface area contributed by atoms with Crippen LogP contribution in [0.3, 0.4) is 0 Å². The first-order chi connectivity index (χ1) is 13.4. The van der Waals surface area contributed by atoms with Crippen LogP contribution in [0.2, 0.25) is 5.02 Å². The summed E-state index contributed by atoms with van der Waals surface area (Å²) in [6.45, 7) is 0.720. The molecule has 29 heavy (non-hydrogen) atoms. The number of aliphatic hydroxyl groups is 1. The lowest BCUT2D eigenvalue weighted by molar-refractivity contribution is 0.0233. The van der Waals surface area contributed by atoms with Gasteiger partial charge in [0.05, 0.1) is 22.7 Å². The van der Waals surface area contributed by atoms with Crippen molar-refractivity contribution in [2.24, 2.45) is 0 Å². The van der Waals surface area contributed by atoms with Crippen LogP contribution < -0.4 is 5.43 Å². The standard InChI is InChI=1S/C21H20ClNO5.ClH/c1-23-8-4-7-13(24)20(23)19-15(26)9-14(25)18-16(27)10-17(28-21(18)19)11-5-2-3-6-12(11)22;/h2-3,5-6,9-10,13,20,24-26H,4,7-8H2,1H3;1H/t13-,20+;/m0./s1. The molecule has 1 fully saturated rings. The number of benzene rings is 2. The maximum Gasteiger partial charge on any atom is 0.197 e. The Hall–Kier alpha value is -2.25. The average molecular weight is 438 g/mol. The summed E-state index contributed by atoms with van der Waals surface area (Å²) < 4.78 is 6.01. The maximum atomic E-state index is 12.8. The number of phenolic OH excluding ortho intramolecular Hbond substituents is 2. The summed E-state index contributed by atoms with van der Waals surface area (Å²) in [5, 5.41) is 31.8. The van der Waals surface area contributed by atoms with Gasteiger partial charge in [-0.3, -0.25) is 9.69 Å². The molecule has 3 N–H and O–H groups in total. The number of piperidine rings is 1. The van der Waals surface area contributed by atoms with Crippen molar-refractivity contribution >= 4 is 35.0 Å². The zero-order chi connectivity index (χ0) is 20.0. The molecule has 4 rings (SSSR count). The van der Waals surface area contributed by atoms with Gasteiger partial charge >= 0.3 is 0 Å². The Balaban J connectivity index is 0.00000240. The van der Waals surface area contributed by atoms with Crippen molar-refractivity contribution in [3.05, 3.63) is 57.2 Å². The molecule has 2 atom stereocenters. The predicted molar refractivity (Wildman–Crippen MR) is 114 cm³/mol. The molecule has 1 aliphatic heterocycles. The quantitative estimate of drug-likeness (QED) is 0.559. The number of likely N-dealkylation sites (tertiary alicyclic amines) is 1. The van der Waals surface area contributed by atoms with Crippen LogP contribution in [0.15, 0.2) is 45.6 Å². The largest absolute Gasteiger partial charge is 0.507 e. The van der Waals surface area contributed by atoms with Gasteiger partial charge in [-0.05, 0) is 38.6 Å². The molecular formula is C21H21Cl2NO5. The number of hydrogen-bond donors (Lipinski definition) is 3. The highest BCUT2D eigenvalue weighted by Gasteiger charge is 2.34. The van der Waals surface area contributed by atoms with Crippen LogP contribution in [0.1, 0.15) is 24.4 Å². The van der Waals surface area contributed by atoms with Gasteiger partial charge in [0.15, 0.2) is 11.0 Å². The fraction of sp³-hybridized carbons (Fsp3) is 0.286. The number of likely N-dealkylation sites (N-methyl/N-ethyl adjacent to an activating group) is 1. The van der Waals surface area contributed by atoms with Crippen molar-refractivity contribution in [1.29, 1.82) is 0 Å². The number of aliphatic hydroxyl groups excluding tert-OH is 1. The van der Waals surface area contributed by atoms with Gasteiger partial charge in [-0.2, -0.15) is 0 Å². The van der Waals surface area contributed by atoms with E-state index >= 15 is 0 Å². The minimum Gasteiger partial charge on any atom is -0.507 e. The van der Waals surface area contributed by atoms with E-state index in [0.29, 0.717) is 17.0 Å². The molecule has 0 unspecified atom stereocenters. The third-order valence-electron chi connectivity index (χ3n) is 5.28. The van der Waals surface area contributed by atoms with Crippen LogP contribution in [0.4, 0.5) is 0 Å². The average Bonchev–Trinajstić information content (AvgIpc) is 2.63. The minimum absolute atomic E-state index is 0. The molecule has 154 valence electrons. The van der Waals surface area contributed by atoms with Gasteiger partial charge in [0.25, 0.3) is 0 Å². The van der Waals surface area contributed by atoms with Gasteiger partial charge < -0.3 is 19.7 Å². The molecule has 0 aliphatic carbocycles. The van der Waals surface area contributed by atoms with E-state index in [9.17, 15) is 20.1 Å². The van der Waals surface area contributed by atoms with E-state index in [1.165, 1.54) is 6.07 Å². The van der Waals surface area contributed by atoms with Crippen molar-refractivity contribution in [3.8, 4) is 22.8 Å². The molecule has 0 radical (unpaired) electrons. The van der Waals surface area contributed by atoms with Crippen LogP contribution in [-0.2, 0) is 0 Å². The van der Waals surface area contributed by atoms with E-state index in [1.54, 1.807) is 24.3 Å². The summed E-state index contributed by atoms with van der Waals surface area (Å²) in [7, 11) is 1.83. The molecule has 0 spiro atoms. The van der Waals surface area contributed by atoms with E-state index in [2.05, 4.69) is 0 Å². The molecule has 1 aromatic heterocycles. The zero-order valence-electron chi connectivity index (χ0n) is 15.6. The Bertz CT molecular complexity index is 1100. The van der Waals surface area contributed by atoms with Gasteiger partial charge in [0, 0.05) is 17.7 Å². The number of halogens is 2. The Labute approximate surface area is 178 Å². The highest BCUT2D eigenvalue weighted by atomic mass is 35.5. The first kappa shape index (κ1) is 21.5. The molecule has 8 heteroatoms. The topological polar surface area (TPSA) is 94.1 Å². The van der Waals surface area contributed by atoms with Crippen molar-refractivity contribution in [1.82, 2.24) is 4.90 Å². The smallest absolute Gasteiger partial charge is 0.197 e. The summed E-state index contributed by atoms with van der Waals surface area (Å²) in [6.07, 6.45) is 0.636. The lowest BCUT2D eigenvalue weighted by atomic mass is 9.90. The highest BCUT2D eigenvalue weighted by molar-refractivity contribution is 6.33. The molecule has 2 aromatic carbocycles. The second kappa shape index (κ2) is 8.24. The molecule has 1 saturated heterocycles. The lowest BCUT2D eigenvalue weighted by Crippen LogP contribution is -2.39. The molecular weight excluding hydrogens is 417 g/mol. The van der Waals surface area contributed by atoms with Crippen molar-refractivity contribution < 1.29 is 19.7 Å². The van der Waals surface area contributed by atoms with Gasteiger partial charge in [0.1, 0.15) is 22.6 Å². The normalized spacial score (nSPS) is 19.8. The molecule has 3 aromatic rings. The highest BCUT2D eigenvalue weighted by Crippen LogP contribution is 2.43. The minimum atomic E-state index is -0.744. The van der Waals surface area contributed by atoms with E-state index in [4.69, 9.17) is 16.0 Å². The first-order valence-corrected chi connectivity index (χ1v) is 9.42. The maximum absolute atomic E-state index is 12.8. The fourth-order valence-electron chi connectivity index (χ4n) is 3.95. The predicted octanol–water partition coefficient (Wildman–Crippen LogP) is 4.07. The molecule has 1 aliphatic rings. The van der Waals surface area contributed by atoms with Crippen molar-refractivity contribution in [3.63, 3.8) is 0 Å². The Morgan fingerprint density at radius 2 is 1.90 bits per heavy atom. The van der Waals surface area contributed by atoms with Crippen molar-refractivity contribution in [2.45, 2.75) is 25.0 Å². The van der Waals surface area contributed by atoms with E-state index < -0.39 is 17.6 Å². The molecule has 0 amide bonds. The molecule has 2 heterocycles. The van der Waals surface area contributed by atoms with E-state index in [1.807, 2.05) is 11.9 Å². The molecule has 6 nitrogen and oxygen atoms in total. The summed E-state index contributed by atoms with van der Waals surface area (Å²) in [4.78, 5) is 14.7. The summed E-state index contributed by atoms with van der Waals surface area (Å²) in [5.41, 5.74) is 0.406. The first-order valence-electron chi connectivity index (χ1n) is 9.04. The number of phenols is 2. The number of aromatic hydroxyl groups is 2. The number of rotatable bonds is 2. The third kappa shape index (κ3) is 3.69. The van der Waals surface area contributed by atoms with Crippen LogP contribution in [-0.4, -0.2) is 39.9 Å². The third-order valence-corrected chi connectivity index (χ3v) is 5.61. The number of hydrogen-bond acceptors (Lipinski definition) is 6. The van der Waals surface area contributed by atoms with Crippen LogP contribution >= 0.6 is 24.0 Å². The summed E-state index contributed by atoms with van der Waals surface area (Å²) in [5.74, 6) is -0.381. The Kier molecular flexibility index (Phi) is 6.10. The number of nitrogens with zero attached hydrogens (tertiary/aromatic N) is 1. The Morgan fingerprint density at radius 1 is 1.17 bits per heavy atom. The van der Waals surface area contributed by atoms with Crippen LogP contribution in [0.25, 0.3) is 22.3 Å². The van der Waals surface area contributed by atoms with Gasteiger partial charge in [0.2, 0.25) is 0 Å². The summed E-state index contributed by atoms with van der Waals surface area (Å²) in [6, 6.07) is 8.76. The van der Waals surface area contributed by atoms with E-state index in [0.717, 1.165) is 19.0 Å². The van der Waals surface area contributed by atoms with Crippen molar-refractivity contribution in [2.75, 3.05) is 13.6 Å². The summed E-state index contributed by atoms with van der Waals surface area (Å²) >= 11 is 6.25. The number of fused-ring (bicyclic) bond motifs is 1. The van der Waals surface area contributed by atoms with E-state index in [-0.39, 0.29) is 46.2 Å². The Morgan fingerprint density at radius 3 is 2.59 bits per heavy atom. The molecule has 0 bridgehead atoms. The van der Waals surface area contributed by atoms with Gasteiger partial charge in [-0.25, -0.2) is 0 Å². The van der Waals surface area contributed by atoms with Gasteiger partial charge in [-0.1, -0.05) is 23.7 Å². The second-order valence-electron chi connectivity index (χ2n) is 7.12. The van der Waals surface area contributed by atoms with Gasteiger partial charge in [-0.15, -0.1) is 12.4 Å². The van der Waals surface area contributed by atoms with Crippen LogP contribution in [0, 0.1) is 0 Å². The SMILES string of the molecule is CN1CCC[C@H](O)[C@@H]1c1c(O)cc(O)c2c(=O)cc(-c3ccccc3Cl)oc12.Cl. The zero-order valence-corrected chi connectivity index (χ0v) is 17.2. The lowest BCUT2D eigenvalue weighted by Gasteiger charge is -2.37. The van der Waals surface area contributed by atoms with Crippen LogP contribution in [0.5, 0.6) is 11.5 Å². The monoisotopic (exact) mass is 437 g/mol. The molecule has 0 saturated carbocycles.